The molecule has 1 aromatic carbocycles. The van der Waals surface area contributed by atoms with E-state index in [0.29, 0.717) is 13.0 Å². The second-order valence-corrected chi connectivity index (χ2v) is 5.08. The van der Waals surface area contributed by atoms with Gasteiger partial charge in [0.05, 0.1) is 6.10 Å². The third-order valence-electron chi connectivity index (χ3n) is 3.09. The second-order valence-electron chi connectivity index (χ2n) is 5.08. The molecule has 0 aliphatic rings. The van der Waals surface area contributed by atoms with E-state index in [-0.39, 0.29) is 17.9 Å². The SMILES string of the molecule is CC(=CC(=O)NCCC(O)C(C)C)c1ccccc1. The van der Waals surface area contributed by atoms with Gasteiger partial charge in [0.1, 0.15) is 0 Å². The van der Waals surface area contributed by atoms with Crippen LogP contribution in [0.4, 0.5) is 0 Å². The zero-order chi connectivity index (χ0) is 14.3. The van der Waals surface area contributed by atoms with Crippen LogP contribution in [0, 0.1) is 5.92 Å². The molecule has 0 saturated heterocycles. The van der Waals surface area contributed by atoms with E-state index in [2.05, 4.69) is 5.32 Å². The Morgan fingerprint density at radius 1 is 1.32 bits per heavy atom. The lowest BCUT2D eigenvalue weighted by Crippen LogP contribution is -2.27. The Hall–Kier alpha value is -1.61. The summed E-state index contributed by atoms with van der Waals surface area (Å²) in [4.78, 5) is 11.7. The summed E-state index contributed by atoms with van der Waals surface area (Å²) in [6.45, 7) is 6.34. The van der Waals surface area contributed by atoms with E-state index in [4.69, 9.17) is 0 Å². The summed E-state index contributed by atoms with van der Waals surface area (Å²) in [5.74, 6) is 0.107. The van der Waals surface area contributed by atoms with Crippen LogP contribution in [0.1, 0.15) is 32.8 Å². The maximum Gasteiger partial charge on any atom is 0.244 e. The average molecular weight is 261 g/mol. The third kappa shape index (κ3) is 5.71. The first-order valence-electron chi connectivity index (χ1n) is 6.70. The maximum atomic E-state index is 11.7. The number of rotatable bonds is 6. The molecule has 0 aliphatic carbocycles. The van der Waals surface area contributed by atoms with Gasteiger partial charge in [0.25, 0.3) is 0 Å². The number of carbonyl (C=O) groups is 1. The Kier molecular flexibility index (Phi) is 6.30. The number of allylic oxidation sites excluding steroid dienone is 1. The minimum absolute atomic E-state index is 0.114. The normalized spacial score (nSPS) is 13.4. The van der Waals surface area contributed by atoms with Gasteiger partial charge in [-0.1, -0.05) is 44.2 Å². The molecular formula is C16H23NO2. The molecule has 0 aliphatic heterocycles. The molecule has 1 aromatic rings. The number of hydrogen-bond donors (Lipinski definition) is 2. The molecule has 1 amide bonds. The highest BCUT2D eigenvalue weighted by molar-refractivity contribution is 5.94. The van der Waals surface area contributed by atoms with E-state index in [1.165, 1.54) is 0 Å². The van der Waals surface area contributed by atoms with Crippen molar-refractivity contribution >= 4 is 11.5 Å². The summed E-state index contributed by atoms with van der Waals surface area (Å²) in [6.07, 6.45) is 1.82. The summed E-state index contributed by atoms with van der Waals surface area (Å²) in [7, 11) is 0. The summed E-state index contributed by atoms with van der Waals surface area (Å²) in [5, 5.41) is 12.4. The molecule has 0 saturated carbocycles. The zero-order valence-electron chi connectivity index (χ0n) is 11.9. The van der Waals surface area contributed by atoms with Gasteiger partial charge in [-0.2, -0.15) is 0 Å². The van der Waals surface area contributed by atoms with Crippen molar-refractivity contribution in [1.82, 2.24) is 5.32 Å². The first kappa shape index (κ1) is 15.4. The first-order chi connectivity index (χ1) is 9.00. The highest BCUT2D eigenvalue weighted by Crippen LogP contribution is 2.12. The van der Waals surface area contributed by atoms with E-state index >= 15 is 0 Å². The van der Waals surface area contributed by atoms with Crippen LogP contribution in [-0.2, 0) is 4.79 Å². The van der Waals surface area contributed by atoms with Gasteiger partial charge >= 0.3 is 0 Å². The van der Waals surface area contributed by atoms with Crippen LogP contribution in [0.3, 0.4) is 0 Å². The van der Waals surface area contributed by atoms with Crippen molar-refractivity contribution in [3.05, 3.63) is 42.0 Å². The highest BCUT2D eigenvalue weighted by atomic mass is 16.3. The monoisotopic (exact) mass is 261 g/mol. The van der Waals surface area contributed by atoms with Crippen LogP contribution in [0.25, 0.3) is 5.57 Å². The van der Waals surface area contributed by atoms with Gasteiger partial charge in [-0.05, 0) is 30.4 Å². The van der Waals surface area contributed by atoms with Crippen LogP contribution >= 0.6 is 0 Å². The van der Waals surface area contributed by atoms with Crippen molar-refractivity contribution in [3.8, 4) is 0 Å². The number of benzene rings is 1. The number of hydrogen-bond acceptors (Lipinski definition) is 2. The van der Waals surface area contributed by atoms with Crippen LogP contribution < -0.4 is 5.32 Å². The molecule has 2 N–H and O–H groups in total. The molecule has 0 bridgehead atoms. The highest BCUT2D eigenvalue weighted by Gasteiger charge is 2.08. The average Bonchev–Trinajstić information content (AvgIpc) is 2.39. The Morgan fingerprint density at radius 3 is 2.53 bits per heavy atom. The number of amides is 1. The molecule has 3 heteroatoms. The molecule has 1 rings (SSSR count). The molecule has 104 valence electrons. The fourth-order valence-corrected chi connectivity index (χ4v) is 1.71. The number of carbonyl (C=O) groups excluding carboxylic acids is 1. The summed E-state index contributed by atoms with van der Waals surface area (Å²) < 4.78 is 0. The van der Waals surface area contributed by atoms with Crippen molar-refractivity contribution in [1.29, 1.82) is 0 Å². The molecule has 19 heavy (non-hydrogen) atoms. The van der Waals surface area contributed by atoms with Crippen LogP contribution in [0.2, 0.25) is 0 Å². The second kappa shape index (κ2) is 7.74. The molecule has 1 atom stereocenters. The molecule has 0 fully saturated rings. The van der Waals surface area contributed by atoms with E-state index in [9.17, 15) is 9.90 Å². The molecule has 3 nitrogen and oxygen atoms in total. The van der Waals surface area contributed by atoms with Gasteiger partial charge in [-0.25, -0.2) is 0 Å². The largest absolute Gasteiger partial charge is 0.393 e. The minimum Gasteiger partial charge on any atom is -0.393 e. The van der Waals surface area contributed by atoms with Crippen molar-refractivity contribution in [3.63, 3.8) is 0 Å². The number of nitrogens with one attached hydrogen (secondary N) is 1. The van der Waals surface area contributed by atoms with Crippen molar-refractivity contribution in [2.24, 2.45) is 5.92 Å². The fraction of sp³-hybridized carbons (Fsp3) is 0.438. The van der Waals surface area contributed by atoms with Crippen molar-refractivity contribution in [2.75, 3.05) is 6.54 Å². The van der Waals surface area contributed by atoms with Crippen molar-refractivity contribution < 1.29 is 9.90 Å². The molecule has 1 unspecified atom stereocenters. The lowest BCUT2D eigenvalue weighted by atomic mass is 10.0. The van der Waals surface area contributed by atoms with E-state index in [1.54, 1.807) is 6.08 Å². The maximum absolute atomic E-state index is 11.7. The molecule has 0 spiro atoms. The predicted octanol–water partition coefficient (Wildman–Crippen LogP) is 2.61. The number of aliphatic hydroxyl groups is 1. The smallest absolute Gasteiger partial charge is 0.244 e. The first-order valence-corrected chi connectivity index (χ1v) is 6.70. The van der Waals surface area contributed by atoms with E-state index in [1.807, 2.05) is 51.1 Å². The van der Waals surface area contributed by atoms with Gasteiger partial charge in [-0.15, -0.1) is 0 Å². The Labute approximate surface area is 115 Å². The summed E-state index contributed by atoms with van der Waals surface area (Å²) in [6, 6.07) is 9.79. The van der Waals surface area contributed by atoms with Crippen LogP contribution in [0.15, 0.2) is 36.4 Å². The van der Waals surface area contributed by atoms with Crippen LogP contribution in [0.5, 0.6) is 0 Å². The zero-order valence-corrected chi connectivity index (χ0v) is 11.9. The van der Waals surface area contributed by atoms with Gasteiger partial charge in [0.15, 0.2) is 0 Å². The topological polar surface area (TPSA) is 49.3 Å². The lowest BCUT2D eigenvalue weighted by molar-refractivity contribution is -0.116. The summed E-state index contributed by atoms with van der Waals surface area (Å²) in [5.41, 5.74) is 1.97. The van der Waals surface area contributed by atoms with Crippen molar-refractivity contribution in [2.45, 2.75) is 33.3 Å². The Bertz CT molecular complexity index is 424. The fourth-order valence-electron chi connectivity index (χ4n) is 1.71. The minimum atomic E-state index is -0.362. The molecule has 0 radical (unpaired) electrons. The Morgan fingerprint density at radius 2 is 1.95 bits per heavy atom. The van der Waals surface area contributed by atoms with Gasteiger partial charge in [0.2, 0.25) is 5.91 Å². The number of aliphatic hydroxyl groups excluding tert-OH is 1. The molecule has 0 aromatic heterocycles. The van der Waals surface area contributed by atoms with Gasteiger partial charge in [-0.3, -0.25) is 4.79 Å². The Balaban J connectivity index is 2.43. The predicted molar refractivity (Wildman–Crippen MR) is 78.6 cm³/mol. The third-order valence-corrected chi connectivity index (χ3v) is 3.09. The van der Waals surface area contributed by atoms with Crippen LogP contribution in [-0.4, -0.2) is 23.7 Å². The standard InChI is InChI=1S/C16H23NO2/c1-12(2)15(18)9-10-17-16(19)11-13(3)14-7-5-4-6-8-14/h4-8,11-12,15,18H,9-10H2,1-3H3,(H,17,19). The lowest BCUT2D eigenvalue weighted by Gasteiger charge is -2.14. The van der Waals surface area contributed by atoms with Gasteiger partial charge in [0, 0.05) is 12.6 Å². The molecule has 0 heterocycles. The van der Waals surface area contributed by atoms with E-state index in [0.717, 1.165) is 11.1 Å². The molecular weight excluding hydrogens is 238 g/mol. The van der Waals surface area contributed by atoms with E-state index < -0.39 is 0 Å². The summed E-state index contributed by atoms with van der Waals surface area (Å²) >= 11 is 0. The van der Waals surface area contributed by atoms with Gasteiger partial charge < -0.3 is 10.4 Å². The quantitative estimate of drug-likeness (QED) is 0.773.